The van der Waals surface area contributed by atoms with Crippen molar-refractivity contribution in [2.24, 2.45) is 0 Å². The lowest BCUT2D eigenvalue weighted by Gasteiger charge is -2.21. The fourth-order valence-corrected chi connectivity index (χ4v) is 5.04. The molecule has 12 heteroatoms. The average molecular weight is 659 g/mol. The molecule has 0 unspecified atom stereocenters. The highest BCUT2D eigenvalue weighted by molar-refractivity contribution is 5.79. The Morgan fingerprint density at radius 2 is 1.30 bits per heavy atom. The number of esters is 1. The third-order valence-corrected chi connectivity index (χ3v) is 7.16. The number of ether oxygens (including phenoxy) is 6. The predicted octanol–water partition coefficient (Wildman–Crippen LogP) is 3.53. The fraction of sp³-hybridized carbons (Fsp3) is 0.571. The van der Waals surface area contributed by atoms with Crippen molar-refractivity contribution in [2.75, 3.05) is 85.7 Å². The van der Waals surface area contributed by atoms with E-state index in [9.17, 15) is 19.5 Å². The first kappa shape index (κ1) is 37.9. The quantitative estimate of drug-likeness (QED) is 0.143. The number of benzene rings is 2. The molecular weight excluding hydrogens is 608 g/mol. The van der Waals surface area contributed by atoms with Crippen molar-refractivity contribution in [1.82, 2.24) is 10.2 Å². The zero-order valence-corrected chi connectivity index (χ0v) is 27.9. The van der Waals surface area contributed by atoms with Crippen molar-refractivity contribution in [3.63, 3.8) is 0 Å². The molecule has 0 aromatic heterocycles. The summed E-state index contributed by atoms with van der Waals surface area (Å²) in [7, 11) is 0. The number of nitrogens with one attached hydrogen (secondary N) is 1. The van der Waals surface area contributed by atoms with Gasteiger partial charge in [-0.05, 0) is 43.0 Å². The van der Waals surface area contributed by atoms with Crippen molar-refractivity contribution in [3.8, 4) is 11.1 Å². The Labute approximate surface area is 277 Å². The first-order chi connectivity index (χ1) is 22.7. The fourth-order valence-electron chi connectivity index (χ4n) is 5.04. The molecule has 12 nitrogen and oxygen atoms in total. The van der Waals surface area contributed by atoms with Gasteiger partial charge in [0.1, 0.15) is 12.2 Å². The molecule has 2 amide bonds. The van der Waals surface area contributed by atoms with Crippen LogP contribution in [0.25, 0.3) is 11.1 Å². The van der Waals surface area contributed by atoms with Crippen LogP contribution in [0, 0.1) is 0 Å². The van der Waals surface area contributed by atoms with E-state index in [1.54, 1.807) is 0 Å². The van der Waals surface area contributed by atoms with Gasteiger partial charge in [-0.15, -0.1) is 0 Å². The van der Waals surface area contributed by atoms with E-state index in [1.165, 1.54) is 16.0 Å². The first-order valence-electron chi connectivity index (χ1n) is 16.2. The van der Waals surface area contributed by atoms with Crippen LogP contribution in [0.3, 0.4) is 0 Å². The van der Waals surface area contributed by atoms with Gasteiger partial charge < -0.3 is 43.7 Å². The molecule has 2 aromatic rings. The zero-order chi connectivity index (χ0) is 33.9. The van der Waals surface area contributed by atoms with Crippen LogP contribution in [0.2, 0.25) is 0 Å². The zero-order valence-electron chi connectivity index (χ0n) is 27.9. The SMILES string of the molecule is CC(C)(C)OC(=O)CCOCCOCCOCCN(CCO)C(=O)CCOCCNC(=O)OCC1c2ccccc2-c2ccccc21. The molecule has 1 aliphatic carbocycles. The van der Waals surface area contributed by atoms with E-state index in [1.807, 2.05) is 45.0 Å². The lowest BCUT2D eigenvalue weighted by atomic mass is 9.98. The number of carbonyl (C=O) groups excluding carboxylic acids is 3. The number of hydrogen-bond donors (Lipinski definition) is 2. The van der Waals surface area contributed by atoms with Crippen LogP contribution in [0.1, 0.15) is 50.7 Å². The molecule has 1 aliphatic rings. The second-order valence-corrected chi connectivity index (χ2v) is 11.9. The summed E-state index contributed by atoms with van der Waals surface area (Å²) in [6, 6.07) is 16.3. The average Bonchev–Trinajstić information content (AvgIpc) is 3.36. The Morgan fingerprint density at radius 1 is 0.745 bits per heavy atom. The van der Waals surface area contributed by atoms with Gasteiger partial charge in [-0.1, -0.05) is 48.5 Å². The number of aliphatic hydroxyl groups is 1. The van der Waals surface area contributed by atoms with Crippen LogP contribution >= 0.6 is 0 Å². The molecule has 0 saturated heterocycles. The van der Waals surface area contributed by atoms with Gasteiger partial charge in [0.2, 0.25) is 5.91 Å². The number of amides is 2. The summed E-state index contributed by atoms with van der Waals surface area (Å²) < 4.78 is 32.6. The van der Waals surface area contributed by atoms with Gasteiger partial charge in [-0.2, -0.15) is 0 Å². The van der Waals surface area contributed by atoms with E-state index in [0.717, 1.165) is 11.1 Å². The summed E-state index contributed by atoms with van der Waals surface area (Å²) in [5.74, 6) is -0.466. The van der Waals surface area contributed by atoms with Crippen LogP contribution in [0.15, 0.2) is 48.5 Å². The first-order valence-corrected chi connectivity index (χ1v) is 16.2. The Kier molecular flexibility index (Phi) is 16.6. The largest absolute Gasteiger partial charge is 0.460 e. The summed E-state index contributed by atoms with van der Waals surface area (Å²) in [6.07, 6.45) is -0.187. The molecule has 0 heterocycles. The minimum absolute atomic E-state index is 0.00862. The van der Waals surface area contributed by atoms with Crippen molar-refractivity contribution >= 4 is 18.0 Å². The number of hydrogen-bond acceptors (Lipinski definition) is 10. The van der Waals surface area contributed by atoms with Gasteiger partial charge in [0.25, 0.3) is 0 Å². The predicted molar refractivity (Wildman–Crippen MR) is 175 cm³/mol. The number of carbonyl (C=O) groups is 3. The molecule has 2 aromatic carbocycles. The van der Waals surface area contributed by atoms with Crippen molar-refractivity contribution < 1.29 is 47.9 Å². The normalized spacial score (nSPS) is 12.3. The van der Waals surface area contributed by atoms with Gasteiger partial charge in [-0.3, -0.25) is 9.59 Å². The summed E-state index contributed by atoms with van der Waals surface area (Å²) in [6.45, 7) is 8.73. The Morgan fingerprint density at radius 3 is 1.91 bits per heavy atom. The minimum Gasteiger partial charge on any atom is -0.460 e. The lowest BCUT2D eigenvalue weighted by molar-refractivity contribution is -0.156. The molecule has 0 fully saturated rings. The van der Waals surface area contributed by atoms with Crippen LogP contribution < -0.4 is 5.32 Å². The maximum absolute atomic E-state index is 12.6. The molecule has 47 heavy (non-hydrogen) atoms. The maximum atomic E-state index is 12.6. The number of nitrogens with zero attached hydrogens (tertiary/aromatic N) is 1. The van der Waals surface area contributed by atoms with Crippen molar-refractivity contribution in [2.45, 2.75) is 45.1 Å². The standard InChI is InChI=1S/C35H50N2O10/c1-35(2,3)47-33(40)13-19-43-22-24-45-25-23-44-21-16-37(15-17-38)32(39)12-18-42-20-14-36-34(41)46-26-31-29-10-6-4-8-27(29)28-9-5-7-11-30(28)31/h4-11,31,38H,12-26H2,1-3H3,(H,36,41). The van der Waals surface area contributed by atoms with Gasteiger partial charge in [0.15, 0.2) is 0 Å². The third kappa shape index (κ3) is 14.0. The molecule has 0 bridgehead atoms. The topological polar surface area (TPSA) is 142 Å². The van der Waals surface area contributed by atoms with E-state index in [4.69, 9.17) is 28.4 Å². The third-order valence-electron chi connectivity index (χ3n) is 7.16. The highest BCUT2D eigenvalue weighted by atomic mass is 16.6. The Bertz CT molecular complexity index is 1200. The minimum atomic E-state index is -0.519. The van der Waals surface area contributed by atoms with Crippen LogP contribution in [-0.4, -0.2) is 119 Å². The molecule has 0 aliphatic heterocycles. The highest BCUT2D eigenvalue weighted by Crippen LogP contribution is 2.44. The molecule has 0 spiro atoms. The Hall–Kier alpha value is -3.55. The van der Waals surface area contributed by atoms with E-state index in [-0.39, 0.29) is 76.8 Å². The second-order valence-electron chi connectivity index (χ2n) is 11.9. The molecular formula is C35H50N2O10. The smallest absolute Gasteiger partial charge is 0.407 e. The molecule has 0 atom stereocenters. The summed E-state index contributed by atoms with van der Waals surface area (Å²) in [5.41, 5.74) is 4.13. The monoisotopic (exact) mass is 658 g/mol. The summed E-state index contributed by atoms with van der Waals surface area (Å²) >= 11 is 0. The maximum Gasteiger partial charge on any atom is 0.407 e. The van der Waals surface area contributed by atoms with E-state index < -0.39 is 11.7 Å². The highest BCUT2D eigenvalue weighted by Gasteiger charge is 2.29. The van der Waals surface area contributed by atoms with Crippen LogP contribution in [0.5, 0.6) is 0 Å². The molecule has 0 radical (unpaired) electrons. The lowest BCUT2D eigenvalue weighted by Crippen LogP contribution is -2.37. The number of fused-ring (bicyclic) bond motifs is 3. The van der Waals surface area contributed by atoms with Crippen LogP contribution in [-0.2, 0) is 38.0 Å². The Balaban J connectivity index is 1.18. The van der Waals surface area contributed by atoms with E-state index in [2.05, 4.69) is 29.6 Å². The molecule has 2 N–H and O–H groups in total. The van der Waals surface area contributed by atoms with E-state index >= 15 is 0 Å². The van der Waals surface area contributed by atoms with Crippen molar-refractivity contribution in [1.29, 1.82) is 0 Å². The molecule has 260 valence electrons. The van der Waals surface area contributed by atoms with E-state index in [0.29, 0.717) is 39.6 Å². The van der Waals surface area contributed by atoms with Crippen molar-refractivity contribution in [3.05, 3.63) is 59.7 Å². The summed E-state index contributed by atoms with van der Waals surface area (Å²) in [4.78, 5) is 38.0. The molecule has 3 rings (SSSR count). The van der Waals surface area contributed by atoms with Crippen LogP contribution in [0.4, 0.5) is 4.79 Å². The van der Waals surface area contributed by atoms with Gasteiger partial charge in [0, 0.05) is 25.6 Å². The molecule has 0 saturated carbocycles. The van der Waals surface area contributed by atoms with Gasteiger partial charge >= 0.3 is 12.1 Å². The summed E-state index contributed by atoms with van der Waals surface area (Å²) in [5, 5.41) is 12.0. The second kappa shape index (κ2) is 20.6. The van der Waals surface area contributed by atoms with Gasteiger partial charge in [0.05, 0.1) is 72.3 Å². The number of aliphatic hydroxyl groups excluding tert-OH is 1. The number of rotatable bonds is 22. The number of alkyl carbamates (subject to hydrolysis) is 1. The van der Waals surface area contributed by atoms with Gasteiger partial charge in [-0.25, -0.2) is 4.79 Å².